The van der Waals surface area contributed by atoms with Gasteiger partial charge in [0.15, 0.2) is 6.10 Å². The first-order valence-corrected chi connectivity index (χ1v) is 5.47. The monoisotopic (exact) mass is 243 g/mol. The summed E-state index contributed by atoms with van der Waals surface area (Å²) in [6.07, 6.45) is -1.94. The first-order valence-electron chi connectivity index (χ1n) is 5.47. The second-order valence-electron chi connectivity index (χ2n) is 3.84. The maximum absolute atomic E-state index is 10.8. The summed E-state index contributed by atoms with van der Waals surface area (Å²) in [5.41, 5.74) is 7.77. The second-order valence-corrected chi connectivity index (χ2v) is 3.84. The zero-order chi connectivity index (χ0) is 13.0. The number of hydrogen-bond acceptors (Lipinski definition) is 3. The van der Waals surface area contributed by atoms with Crippen molar-refractivity contribution in [3.63, 3.8) is 0 Å². The van der Waals surface area contributed by atoms with Gasteiger partial charge in [-0.05, 0) is 23.3 Å². The quantitative estimate of drug-likeness (QED) is 0.642. The molecule has 0 saturated heterocycles. The van der Waals surface area contributed by atoms with E-state index in [0.717, 1.165) is 11.1 Å². The van der Waals surface area contributed by atoms with Gasteiger partial charge in [0.1, 0.15) is 0 Å². The Morgan fingerprint density at radius 3 is 2.11 bits per heavy atom. The number of anilines is 1. The number of hydrogen-bond donors (Lipinski definition) is 2. The molecule has 0 spiro atoms. The number of ether oxygens (including phenoxy) is 1. The molecule has 0 aliphatic rings. The Bertz CT molecular complexity index is 522. The van der Waals surface area contributed by atoms with E-state index in [2.05, 4.69) is 0 Å². The fraction of sp³-hybridized carbons (Fsp3) is 0.0714. The topological polar surface area (TPSA) is 72.5 Å². The number of benzene rings is 2. The molecule has 0 aliphatic carbocycles. The van der Waals surface area contributed by atoms with E-state index >= 15 is 0 Å². The first kappa shape index (κ1) is 12.0. The van der Waals surface area contributed by atoms with Crippen LogP contribution in [0.1, 0.15) is 17.2 Å². The van der Waals surface area contributed by atoms with E-state index in [1.54, 1.807) is 24.3 Å². The van der Waals surface area contributed by atoms with Crippen molar-refractivity contribution in [1.29, 1.82) is 0 Å². The van der Waals surface area contributed by atoms with Gasteiger partial charge in [-0.1, -0.05) is 42.5 Å². The molecule has 0 aliphatic heterocycles. The van der Waals surface area contributed by atoms with Crippen LogP contribution < -0.4 is 5.73 Å². The van der Waals surface area contributed by atoms with Gasteiger partial charge in [0.2, 0.25) is 0 Å². The number of carboxylic acid groups (broad SMARTS) is 1. The van der Waals surface area contributed by atoms with Crippen molar-refractivity contribution in [2.75, 3.05) is 5.73 Å². The van der Waals surface area contributed by atoms with Gasteiger partial charge < -0.3 is 15.6 Å². The zero-order valence-corrected chi connectivity index (χ0v) is 9.61. The molecule has 92 valence electrons. The van der Waals surface area contributed by atoms with Crippen molar-refractivity contribution in [1.82, 2.24) is 0 Å². The van der Waals surface area contributed by atoms with Crippen molar-refractivity contribution in [3.8, 4) is 0 Å². The van der Waals surface area contributed by atoms with Crippen LogP contribution in [0.2, 0.25) is 0 Å². The van der Waals surface area contributed by atoms with E-state index in [1.807, 2.05) is 30.3 Å². The summed E-state index contributed by atoms with van der Waals surface area (Å²) < 4.78 is 4.94. The minimum atomic E-state index is -1.30. The summed E-state index contributed by atoms with van der Waals surface area (Å²) in [5, 5.41) is 8.81. The van der Waals surface area contributed by atoms with Gasteiger partial charge in [0.05, 0.1) is 0 Å². The summed E-state index contributed by atoms with van der Waals surface area (Å²) in [7, 11) is 0. The van der Waals surface area contributed by atoms with Crippen LogP contribution in [0.5, 0.6) is 0 Å². The van der Waals surface area contributed by atoms with Gasteiger partial charge in [-0.2, -0.15) is 0 Å². The molecule has 0 heterocycles. The first-order chi connectivity index (χ1) is 8.66. The molecule has 2 rings (SSSR count). The molecule has 0 fully saturated rings. The van der Waals surface area contributed by atoms with Gasteiger partial charge in [0, 0.05) is 5.69 Å². The van der Waals surface area contributed by atoms with Gasteiger partial charge in [-0.15, -0.1) is 0 Å². The summed E-state index contributed by atoms with van der Waals surface area (Å²) in [6, 6.07) is 16.1. The van der Waals surface area contributed by atoms with E-state index in [1.165, 1.54) is 0 Å². The number of nitrogens with two attached hydrogens (primary N) is 1. The van der Waals surface area contributed by atoms with E-state index in [-0.39, 0.29) is 0 Å². The SMILES string of the molecule is Nc1ccc(C(OC(=O)O)c2ccccc2)cc1. The lowest BCUT2D eigenvalue weighted by Crippen LogP contribution is -2.10. The summed E-state index contributed by atoms with van der Waals surface area (Å²) >= 11 is 0. The highest BCUT2D eigenvalue weighted by Gasteiger charge is 2.18. The van der Waals surface area contributed by atoms with Gasteiger partial charge in [-0.25, -0.2) is 4.79 Å². The molecule has 4 heteroatoms. The maximum Gasteiger partial charge on any atom is 0.506 e. The van der Waals surface area contributed by atoms with Crippen molar-refractivity contribution in [3.05, 3.63) is 65.7 Å². The fourth-order valence-electron chi connectivity index (χ4n) is 1.73. The van der Waals surface area contributed by atoms with Gasteiger partial charge >= 0.3 is 6.16 Å². The van der Waals surface area contributed by atoms with Gasteiger partial charge in [0.25, 0.3) is 0 Å². The van der Waals surface area contributed by atoms with Crippen molar-refractivity contribution < 1.29 is 14.6 Å². The zero-order valence-electron chi connectivity index (χ0n) is 9.61. The molecule has 4 nitrogen and oxygen atoms in total. The minimum absolute atomic E-state index is 0.626. The standard InChI is InChI=1S/C14H13NO3/c15-12-8-6-11(7-9-12)13(18-14(16)17)10-4-2-1-3-5-10/h1-9,13H,15H2,(H,16,17). The van der Waals surface area contributed by atoms with Crippen molar-refractivity contribution in [2.24, 2.45) is 0 Å². The Kier molecular flexibility index (Phi) is 3.48. The predicted molar refractivity (Wildman–Crippen MR) is 68.2 cm³/mol. The molecule has 1 unspecified atom stereocenters. The Morgan fingerprint density at radius 2 is 1.56 bits per heavy atom. The molecule has 0 aromatic heterocycles. The molecule has 2 aromatic carbocycles. The lowest BCUT2D eigenvalue weighted by atomic mass is 10.0. The largest absolute Gasteiger partial charge is 0.506 e. The molecular formula is C14H13NO3. The number of nitrogen functional groups attached to an aromatic ring is 1. The van der Waals surface area contributed by atoms with Crippen LogP contribution in [0.25, 0.3) is 0 Å². The van der Waals surface area contributed by atoms with Crippen LogP contribution in [0.15, 0.2) is 54.6 Å². The maximum atomic E-state index is 10.8. The third-order valence-corrected chi connectivity index (χ3v) is 2.56. The molecule has 2 aromatic rings. The molecule has 0 saturated carbocycles. The van der Waals surface area contributed by atoms with Crippen LogP contribution in [0, 0.1) is 0 Å². The Balaban J connectivity index is 2.36. The minimum Gasteiger partial charge on any atom is -0.450 e. The smallest absolute Gasteiger partial charge is 0.450 e. The van der Waals surface area contributed by atoms with Crippen LogP contribution in [-0.4, -0.2) is 11.3 Å². The van der Waals surface area contributed by atoms with E-state index < -0.39 is 12.3 Å². The van der Waals surface area contributed by atoms with E-state index in [0.29, 0.717) is 5.69 Å². The summed E-state index contributed by atoms with van der Waals surface area (Å²) in [5.74, 6) is 0. The van der Waals surface area contributed by atoms with Gasteiger partial charge in [-0.3, -0.25) is 0 Å². The molecule has 3 N–H and O–H groups in total. The Labute approximate surface area is 105 Å². The fourth-order valence-corrected chi connectivity index (χ4v) is 1.73. The molecular weight excluding hydrogens is 230 g/mol. The third-order valence-electron chi connectivity index (χ3n) is 2.56. The summed E-state index contributed by atoms with van der Waals surface area (Å²) in [6.45, 7) is 0. The average molecular weight is 243 g/mol. The highest BCUT2D eigenvalue weighted by Crippen LogP contribution is 2.26. The Hall–Kier alpha value is -2.49. The lowest BCUT2D eigenvalue weighted by Gasteiger charge is -2.16. The number of carbonyl (C=O) groups is 1. The highest BCUT2D eigenvalue weighted by atomic mass is 16.7. The van der Waals surface area contributed by atoms with Crippen LogP contribution in [0.4, 0.5) is 10.5 Å². The third kappa shape index (κ3) is 2.79. The van der Waals surface area contributed by atoms with Crippen LogP contribution in [0.3, 0.4) is 0 Å². The normalized spacial score (nSPS) is 11.8. The predicted octanol–water partition coefficient (Wildman–Crippen LogP) is 3.05. The van der Waals surface area contributed by atoms with Crippen LogP contribution >= 0.6 is 0 Å². The molecule has 0 bridgehead atoms. The summed E-state index contributed by atoms with van der Waals surface area (Å²) in [4.78, 5) is 10.8. The molecule has 18 heavy (non-hydrogen) atoms. The molecule has 0 amide bonds. The second kappa shape index (κ2) is 5.23. The lowest BCUT2D eigenvalue weighted by molar-refractivity contribution is 0.0663. The van der Waals surface area contributed by atoms with Crippen LogP contribution in [-0.2, 0) is 4.74 Å². The van der Waals surface area contributed by atoms with E-state index in [4.69, 9.17) is 15.6 Å². The number of rotatable bonds is 3. The molecule has 0 radical (unpaired) electrons. The average Bonchev–Trinajstić information content (AvgIpc) is 2.38. The van der Waals surface area contributed by atoms with E-state index in [9.17, 15) is 4.79 Å². The van der Waals surface area contributed by atoms with Crippen molar-refractivity contribution in [2.45, 2.75) is 6.10 Å². The Morgan fingerprint density at radius 1 is 1.00 bits per heavy atom. The van der Waals surface area contributed by atoms with Crippen molar-refractivity contribution >= 4 is 11.8 Å². The molecule has 1 atom stereocenters. The highest BCUT2D eigenvalue weighted by molar-refractivity contribution is 5.58.